The van der Waals surface area contributed by atoms with Crippen molar-refractivity contribution in [2.45, 2.75) is 6.92 Å². The molecule has 2 aromatic carbocycles. The lowest BCUT2D eigenvalue weighted by Gasteiger charge is -2.12. The molecule has 0 unspecified atom stereocenters. The summed E-state index contributed by atoms with van der Waals surface area (Å²) in [6.45, 7) is 1.79. The van der Waals surface area contributed by atoms with E-state index in [-0.39, 0.29) is 34.9 Å². The molecule has 0 radical (unpaired) electrons. The molecule has 1 aromatic heterocycles. The van der Waals surface area contributed by atoms with Crippen molar-refractivity contribution in [1.82, 2.24) is 4.98 Å². The van der Waals surface area contributed by atoms with Crippen LogP contribution < -0.4 is 5.32 Å². The Labute approximate surface area is 160 Å². The highest BCUT2D eigenvalue weighted by Crippen LogP contribution is 2.24. The fraction of sp³-hybridized carbons (Fsp3) is 0.0952. The van der Waals surface area contributed by atoms with E-state index in [1.807, 2.05) is 0 Å². The highest BCUT2D eigenvalue weighted by atomic mass is 19.1. The van der Waals surface area contributed by atoms with Crippen LogP contribution in [0.4, 0.5) is 15.9 Å². The molecule has 0 saturated heterocycles. The van der Waals surface area contributed by atoms with Gasteiger partial charge >= 0.3 is 5.97 Å². The summed E-state index contributed by atoms with van der Waals surface area (Å²) in [6.07, 6.45) is 1.28. The first kappa shape index (κ1) is 19.0. The van der Waals surface area contributed by atoms with Crippen LogP contribution in [0, 0.1) is 5.82 Å². The van der Waals surface area contributed by atoms with Gasteiger partial charge in [0.05, 0.1) is 12.2 Å². The fourth-order valence-electron chi connectivity index (χ4n) is 2.58. The molecule has 0 fully saturated rings. The van der Waals surface area contributed by atoms with E-state index in [4.69, 9.17) is 4.74 Å². The zero-order chi connectivity index (χ0) is 20.1. The highest BCUT2D eigenvalue weighted by Gasteiger charge is 2.20. The van der Waals surface area contributed by atoms with Gasteiger partial charge < -0.3 is 15.2 Å². The number of hydrogen-bond acceptors (Lipinski definition) is 6. The summed E-state index contributed by atoms with van der Waals surface area (Å²) in [6, 6.07) is 13.1. The quantitative estimate of drug-likeness (QED) is 0.495. The van der Waals surface area contributed by atoms with E-state index in [1.54, 1.807) is 25.1 Å². The number of carbonyl (C=O) groups is 2. The summed E-state index contributed by atoms with van der Waals surface area (Å²) in [5.41, 5.74) is 0.601. The van der Waals surface area contributed by atoms with Crippen LogP contribution in [-0.2, 0) is 4.74 Å². The summed E-state index contributed by atoms with van der Waals surface area (Å²) in [5.74, 6) is -1.67. The number of rotatable bonds is 6. The van der Waals surface area contributed by atoms with Gasteiger partial charge in [0.15, 0.2) is 5.78 Å². The van der Waals surface area contributed by atoms with Gasteiger partial charge in [-0.1, -0.05) is 18.2 Å². The minimum absolute atomic E-state index is 0.0207. The minimum Gasteiger partial charge on any atom is -0.507 e. The maximum Gasteiger partial charge on any atom is 0.341 e. The highest BCUT2D eigenvalue weighted by molar-refractivity contribution is 6.11. The Kier molecular flexibility index (Phi) is 5.64. The maximum absolute atomic E-state index is 13.4. The van der Waals surface area contributed by atoms with Crippen molar-refractivity contribution >= 4 is 23.3 Å². The predicted molar refractivity (Wildman–Crippen MR) is 101 cm³/mol. The van der Waals surface area contributed by atoms with E-state index in [0.29, 0.717) is 5.69 Å². The number of pyridine rings is 1. The lowest BCUT2D eigenvalue weighted by atomic mass is 10.0. The summed E-state index contributed by atoms with van der Waals surface area (Å²) in [4.78, 5) is 29.2. The molecule has 0 saturated carbocycles. The molecule has 0 aliphatic heterocycles. The molecular formula is C21H17FN2O4. The van der Waals surface area contributed by atoms with E-state index >= 15 is 0 Å². The smallest absolute Gasteiger partial charge is 0.341 e. The third-order valence-corrected chi connectivity index (χ3v) is 3.88. The fourth-order valence-corrected chi connectivity index (χ4v) is 2.58. The number of aromatic nitrogens is 1. The zero-order valence-electron chi connectivity index (χ0n) is 15.0. The van der Waals surface area contributed by atoms with Crippen LogP contribution in [0.1, 0.15) is 33.2 Å². The van der Waals surface area contributed by atoms with Gasteiger partial charge in [0.1, 0.15) is 22.9 Å². The van der Waals surface area contributed by atoms with Crippen LogP contribution >= 0.6 is 0 Å². The van der Waals surface area contributed by atoms with Crippen molar-refractivity contribution in [2.75, 3.05) is 11.9 Å². The first-order chi connectivity index (χ1) is 13.5. The van der Waals surface area contributed by atoms with Gasteiger partial charge in [0, 0.05) is 17.4 Å². The molecule has 7 heteroatoms. The van der Waals surface area contributed by atoms with Crippen LogP contribution in [-0.4, -0.2) is 28.4 Å². The molecule has 2 N–H and O–H groups in total. The summed E-state index contributed by atoms with van der Waals surface area (Å²) >= 11 is 0. The number of phenolic OH excluding ortho intramolecular Hbond substituents is 1. The standard InChI is InChI=1S/C21H17FN2O4/c1-2-28-21(27)17-10-13(19(26)16-8-3-4-9-18(16)25)12-23-20(17)24-15-7-5-6-14(22)11-15/h3-12,25H,2H2,1H3,(H,23,24). The van der Waals surface area contributed by atoms with Gasteiger partial charge in [-0.25, -0.2) is 14.2 Å². The molecule has 1 heterocycles. The number of anilines is 2. The third kappa shape index (κ3) is 4.15. The number of carbonyl (C=O) groups excluding carboxylic acids is 2. The van der Waals surface area contributed by atoms with Crippen molar-refractivity contribution in [3.8, 4) is 5.75 Å². The van der Waals surface area contributed by atoms with Crippen LogP contribution in [0.5, 0.6) is 5.75 Å². The monoisotopic (exact) mass is 380 g/mol. The number of aromatic hydroxyl groups is 1. The molecule has 3 rings (SSSR count). The zero-order valence-corrected chi connectivity index (χ0v) is 15.0. The molecule has 0 amide bonds. The Bertz CT molecular complexity index is 1040. The largest absolute Gasteiger partial charge is 0.507 e. The molecule has 142 valence electrons. The second-order valence-electron chi connectivity index (χ2n) is 5.82. The number of ketones is 1. The molecule has 0 spiro atoms. The van der Waals surface area contributed by atoms with Crippen molar-refractivity contribution in [3.05, 3.63) is 83.3 Å². The Hall–Kier alpha value is -3.74. The Morgan fingerprint density at radius 2 is 1.89 bits per heavy atom. The van der Waals surface area contributed by atoms with Gasteiger partial charge in [0.25, 0.3) is 0 Å². The number of phenols is 1. The number of benzene rings is 2. The number of nitrogens with zero attached hydrogens (tertiary/aromatic N) is 1. The summed E-state index contributed by atoms with van der Waals surface area (Å²) in [5, 5.41) is 12.8. The third-order valence-electron chi connectivity index (χ3n) is 3.88. The molecule has 28 heavy (non-hydrogen) atoms. The second kappa shape index (κ2) is 8.30. The number of esters is 1. The minimum atomic E-state index is -0.680. The topological polar surface area (TPSA) is 88.5 Å². The maximum atomic E-state index is 13.4. The predicted octanol–water partition coefficient (Wildman–Crippen LogP) is 4.08. The van der Waals surface area contributed by atoms with Crippen LogP contribution in [0.15, 0.2) is 60.8 Å². The number of ether oxygens (including phenoxy) is 1. The van der Waals surface area contributed by atoms with Crippen LogP contribution in [0.3, 0.4) is 0 Å². The number of nitrogens with one attached hydrogen (secondary N) is 1. The second-order valence-corrected chi connectivity index (χ2v) is 5.82. The first-order valence-electron chi connectivity index (χ1n) is 8.52. The Morgan fingerprint density at radius 3 is 2.61 bits per heavy atom. The lowest BCUT2D eigenvalue weighted by Crippen LogP contribution is -2.12. The molecular weight excluding hydrogens is 363 g/mol. The normalized spacial score (nSPS) is 10.4. The van der Waals surface area contributed by atoms with Gasteiger partial charge in [0.2, 0.25) is 0 Å². The average Bonchev–Trinajstić information content (AvgIpc) is 2.68. The number of halogens is 1. The number of hydrogen-bond donors (Lipinski definition) is 2. The van der Waals surface area contributed by atoms with E-state index in [0.717, 1.165) is 0 Å². The Balaban J connectivity index is 2.01. The SMILES string of the molecule is CCOC(=O)c1cc(C(=O)c2ccccc2O)cnc1Nc1cccc(F)c1. The lowest BCUT2D eigenvalue weighted by molar-refractivity contribution is 0.0527. The molecule has 0 aliphatic rings. The first-order valence-corrected chi connectivity index (χ1v) is 8.52. The van der Waals surface area contributed by atoms with Crippen molar-refractivity contribution in [2.24, 2.45) is 0 Å². The average molecular weight is 380 g/mol. The molecule has 0 aliphatic carbocycles. The molecule has 0 bridgehead atoms. The van der Waals surface area contributed by atoms with Gasteiger partial charge in [-0.05, 0) is 43.3 Å². The van der Waals surface area contributed by atoms with E-state index in [1.165, 1.54) is 42.6 Å². The van der Waals surface area contributed by atoms with E-state index in [2.05, 4.69) is 10.3 Å². The van der Waals surface area contributed by atoms with Crippen molar-refractivity contribution < 1.29 is 23.8 Å². The molecule has 6 nitrogen and oxygen atoms in total. The van der Waals surface area contributed by atoms with Crippen molar-refractivity contribution in [3.63, 3.8) is 0 Å². The molecule has 3 aromatic rings. The van der Waals surface area contributed by atoms with E-state index in [9.17, 15) is 19.1 Å². The van der Waals surface area contributed by atoms with Gasteiger partial charge in [-0.15, -0.1) is 0 Å². The van der Waals surface area contributed by atoms with Crippen LogP contribution in [0.25, 0.3) is 0 Å². The van der Waals surface area contributed by atoms with Crippen LogP contribution in [0.2, 0.25) is 0 Å². The summed E-state index contributed by atoms with van der Waals surface area (Å²) < 4.78 is 18.5. The Morgan fingerprint density at radius 1 is 1.11 bits per heavy atom. The summed E-state index contributed by atoms with van der Waals surface area (Å²) in [7, 11) is 0. The molecule has 0 atom stereocenters. The number of para-hydroxylation sites is 1. The van der Waals surface area contributed by atoms with Gasteiger partial charge in [-0.3, -0.25) is 4.79 Å². The van der Waals surface area contributed by atoms with E-state index < -0.39 is 17.6 Å². The van der Waals surface area contributed by atoms with Crippen molar-refractivity contribution in [1.29, 1.82) is 0 Å². The van der Waals surface area contributed by atoms with Gasteiger partial charge in [-0.2, -0.15) is 0 Å².